The molecule has 0 aliphatic carbocycles. The standard InChI is InChI=1S/C24H17F4N3O3S/c1-10-4-7-13-15(8-10)34-23(29-13)12-6-5-11(2)14(9-12)30-24(35)31-22(32)16-17(25)19(27)21(33-3)20(28)18(16)26/h4-9H,1-3H3,(H2,30,31,32,35). The molecule has 0 radical (unpaired) electrons. The predicted molar refractivity (Wildman–Crippen MR) is 125 cm³/mol. The summed E-state index contributed by atoms with van der Waals surface area (Å²) in [6.45, 7) is 3.68. The number of nitrogens with one attached hydrogen (secondary N) is 2. The highest BCUT2D eigenvalue weighted by molar-refractivity contribution is 7.80. The van der Waals surface area contributed by atoms with Gasteiger partial charge >= 0.3 is 0 Å². The maximum atomic E-state index is 14.2. The fraction of sp³-hybridized carbons (Fsp3) is 0.125. The number of aryl methyl sites for hydroxylation is 2. The Bertz CT molecular complexity index is 1470. The van der Waals surface area contributed by atoms with Crippen LogP contribution in [0.1, 0.15) is 21.5 Å². The number of nitrogens with zero attached hydrogens (tertiary/aromatic N) is 1. The molecular weight excluding hydrogens is 486 g/mol. The minimum atomic E-state index is -1.91. The van der Waals surface area contributed by atoms with E-state index in [0.717, 1.165) is 12.7 Å². The molecule has 0 atom stereocenters. The molecule has 1 amide bonds. The summed E-state index contributed by atoms with van der Waals surface area (Å²) in [4.78, 5) is 16.8. The number of oxazole rings is 1. The number of rotatable bonds is 4. The molecule has 1 heterocycles. The second kappa shape index (κ2) is 9.34. The molecule has 0 aliphatic rings. The van der Waals surface area contributed by atoms with Gasteiger partial charge in [0.15, 0.2) is 28.1 Å². The van der Waals surface area contributed by atoms with Crippen LogP contribution < -0.4 is 15.4 Å². The van der Waals surface area contributed by atoms with Gasteiger partial charge in [0.1, 0.15) is 11.1 Å². The van der Waals surface area contributed by atoms with Gasteiger partial charge in [-0.3, -0.25) is 10.1 Å². The first-order chi connectivity index (χ1) is 16.6. The number of amides is 1. The van der Waals surface area contributed by atoms with E-state index < -0.39 is 40.5 Å². The first-order valence-corrected chi connectivity index (χ1v) is 10.5. The summed E-state index contributed by atoms with van der Waals surface area (Å²) in [5, 5.41) is 4.39. The van der Waals surface area contributed by atoms with Crippen LogP contribution in [0.3, 0.4) is 0 Å². The fourth-order valence-electron chi connectivity index (χ4n) is 3.35. The van der Waals surface area contributed by atoms with Crippen LogP contribution in [0.4, 0.5) is 23.2 Å². The van der Waals surface area contributed by atoms with Crippen LogP contribution in [0.5, 0.6) is 5.75 Å². The molecule has 2 N–H and O–H groups in total. The second-order valence-corrected chi connectivity index (χ2v) is 8.00. The summed E-state index contributed by atoms with van der Waals surface area (Å²) in [5.41, 5.74) is 2.55. The Morgan fingerprint density at radius 3 is 2.34 bits per heavy atom. The zero-order chi connectivity index (χ0) is 25.4. The molecule has 0 fully saturated rings. The van der Waals surface area contributed by atoms with Crippen molar-refractivity contribution in [3.05, 3.63) is 76.4 Å². The Morgan fingerprint density at radius 2 is 1.69 bits per heavy atom. The number of fused-ring (bicyclic) bond motifs is 1. The Kier molecular flexibility index (Phi) is 6.44. The van der Waals surface area contributed by atoms with Gasteiger partial charge in [-0.1, -0.05) is 12.1 Å². The van der Waals surface area contributed by atoms with E-state index in [1.165, 1.54) is 0 Å². The summed E-state index contributed by atoms with van der Waals surface area (Å²) in [7, 11) is 0.831. The van der Waals surface area contributed by atoms with Crippen LogP contribution in [0, 0.1) is 37.1 Å². The Morgan fingerprint density at radius 1 is 1.00 bits per heavy atom. The van der Waals surface area contributed by atoms with Crippen molar-refractivity contribution in [3.63, 3.8) is 0 Å². The van der Waals surface area contributed by atoms with E-state index in [2.05, 4.69) is 15.0 Å². The van der Waals surface area contributed by atoms with Gasteiger partial charge in [0.2, 0.25) is 17.5 Å². The molecular formula is C24H17F4N3O3S. The highest BCUT2D eigenvalue weighted by atomic mass is 32.1. The fourth-order valence-corrected chi connectivity index (χ4v) is 3.56. The first kappa shape index (κ1) is 24.1. The molecule has 3 aromatic carbocycles. The van der Waals surface area contributed by atoms with Crippen LogP contribution >= 0.6 is 12.2 Å². The zero-order valence-electron chi connectivity index (χ0n) is 18.6. The lowest BCUT2D eigenvalue weighted by Crippen LogP contribution is -2.35. The van der Waals surface area contributed by atoms with E-state index in [4.69, 9.17) is 16.6 Å². The molecule has 1 aromatic heterocycles. The topological polar surface area (TPSA) is 76.4 Å². The van der Waals surface area contributed by atoms with E-state index in [1.54, 1.807) is 25.1 Å². The van der Waals surface area contributed by atoms with E-state index in [9.17, 15) is 22.4 Å². The predicted octanol–water partition coefficient (Wildman–Crippen LogP) is 5.80. The average molecular weight is 503 g/mol. The number of aromatic nitrogens is 1. The number of ether oxygens (including phenoxy) is 1. The van der Waals surface area contributed by atoms with Crippen molar-refractivity contribution in [3.8, 4) is 17.2 Å². The molecule has 4 aromatic rings. The van der Waals surface area contributed by atoms with Crippen molar-refractivity contribution in [2.24, 2.45) is 0 Å². The van der Waals surface area contributed by atoms with Crippen LogP contribution in [0.2, 0.25) is 0 Å². The number of thiocarbonyl (C=S) groups is 1. The number of carbonyl (C=O) groups excluding carboxylic acids is 1. The Labute approximate surface area is 201 Å². The van der Waals surface area contributed by atoms with E-state index in [-0.39, 0.29) is 5.11 Å². The van der Waals surface area contributed by atoms with E-state index >= 15 is 0 Å². The number of halogens is 4. The summed E-state index contributed by atoms with van der Waals surface area (Å²) < 4.78 is 66.5. The van der Waals surface area contributed by atoms with Gasteiger partial charge in [-0.2, -0.15) is 8.78 Å². The number of benzene rings is 3. The van der Waals surface area contributed by atoms with Gasteiger partial charge in [-0.25, -0.2) is 13.8 Å². The lowest BCUT2D eigenvalue weighted by atomic mass is 10.1. The van der Waals surface area contributed by atoms with Crippen molar-refractivity contribution in [1.82, 2.24) is 10.3 Å². The Hall–Kier alpha value is -3.99. The van der Waals surface area contributed by atoms with Crippen LogP contribution in [-0.2, 0) is 0 Å². The Balaban J connectivity index is 1.57. The minimum Gasteiger partial charge on any atom is -0.491 e. The molecule has 35 heavy (non-hydrogen) atoms. The maximum Gasteiger partial charge on any atom is 0.263 e. The van der Waals surface area contributed by atoms with E-state index in [0.29, 0.717) is 33.8 Å². The monoisotopic (exact) mass is 503 g/mol. The molecule has 6 nitrogen and oxygen atoms in total. The molecule has 11 heteroatoms. The van der Waals surface area contributed by atoms with Crippen LogP contribution in [-0.4, -0.2) is 23.1 Å². The van der Waals surface area contributed by atoms with Gasteiger partial charge in [-0.15, -0.1) is 0 Å². The molecule has 180 valence electrons. The summed E-state index contributed by atoms with van der Waals surface area (Å²) in [5.74, 6) is -9.92. The van der Waals surface area contributed by atoms with Gasteiger partial charge in [0.05, 0.1) is 7.11 Å². The van der Waals surface area contributed by atoms with Crippen LogP contribution in [0.25, 0.3) is 22.6 Å². The second-order valence-electron chi connectivity index (χ2n) is 7.59. The number of hydrogen-bond donors (Lipinski definition) is 2. The number of hydrogen-bond acceptors (Lipinski definition) is 5. The smallest absolute Gasteiger partial charge is 0.263 e. The number of anilines is 1. The van der Waals surface area contributed by atoms with Crippen molar-refractivity contribution >= 4 is 40.0 Å². The van der Waals surface area contributed by atoms with Crippen LogP contribution in [0.15, 0.2) is 40.8 Å². The lowest BCUT2D eigenvalue weighted by Gasteiger charge is -2.14. The van der Waals surface area contributed by atoms with Gasteiger partial charge in [0, 0.05) is 11.3 Å². The molecule has 0 bridgehead atoms. The molecule has 4 rings (SSSR count). The number of carbonyl (C=O) groups is 1. The van der Waals surface area contributed by atoms with Gasteiger partial charge < -0.3 is 14.5 Å². The van der Waals surface area contributed by atoms with E-state index in [1.807, 2.05) is 30.4 Å². The van der Waals surface area contributed by atoms with Crippen molar-refractivity contribution in [1.29, 1.82) is 0 Å². The highest BCUT2D eigenvalue weighted by Crippen LogP contribution is 2.30. The highest BCUT2D eigenvalue weighted by Gasteiger charge is 2.30. The minimum absolute atomic E-state index is 0.344. The third-order valence-corrected chi connectivity index (χ3v) is 5.36. The van der Waals surface area contributed by atoms with Crippen molar-refractivity contribution < 1.29 is 31.5 Å². The maximum absolute atomic E-state index is 14.2. The SMILES string of the molecule is COc1c(F)c(F)c(C(=O)NC(=S)Nc2cc(-c3nc4ccc(C)cc4o3)ccc2C)c(F)c1F. The quantitative estimate of drug-likeness (QED) is 0.208. The van der Waals surface area contributed by atoms with Crippen molar-refractivity contribution in [2.75, 3.05) is 12.4 Å². The summed E-state index contributed by atoms with van der Waals surface area (Å²) in [6, 6.07) is 10.8. The molecule has 0 saturated carbocycles. The molecule has 0 saturated heterocycles. The molecule has 0 aliphatic heterocycles. The third kappa shape index (κ3) is 4.54. The zero-order valence-corrected chi connectivity index (χ0v) is 19.4. The number of methoxy groups -OCH3 is 1. The van der Waals surface area contributed by atoms with Gasteiger partial charge in [-0.05, 0) is 61.5 Å². The van der Waals surface area contributed by atoms with Crippen molar-refractivity contribution in [2.45, 2.75) is 13.8 Å². The third-order valence-electron chi connectivity index (χ3n) is 5.16. The first-order valence-electron chi connectivity index (χ1n) is 10.1. The average Bonchev–Trinajstić information content (AvgIpc) is 3.23. The summed E-state index contributed by atoms with van der Waals surface area (Å²) in [6.07, 6.45) is 0. The lowest BCUT2D eigenvalue weighted by molar-refractivity contribution is 0.0966. The normalized spacial score (nSPS) is 10.9. The summed E-state index contributed by atoms with van der Waals surface area (Å²) >= 11 is 5.06. The van der Waals surface area contributed by atoms with Gasteiger partial charge in [0.25, 0.3) is 5.91 Å². The molecule has 0 unspecified atom stereocenters. The largest absolute Gasteiger partial charge is 0.491 e. The molecule has 0 spiro atoms.